The molecule has 1 fully saturated rings. The van der Waals surface area contributed by atoms with Gasteiger partial charge in [0.25, 0.3) is 0 Å². The molecule has 1 aliphatic heterocycles. The highest BCUT2D eigenvalue weighted by atomic mass is 32.2. The van der Waals surface area contributed by atoms with E-state index in [4.69, 9.17) is 5.73 Å². The van der Waals surface area contributed by atoms with Crippen molar-refractivity contribution >= 4 is 23.4 Å². The van der Waals surface area contributed by atoms with Gasteiger partial charge in [-0.15, -0.1) is 0 Å². The summed E-state index contributed by atoms with van der Waals surface area (Å²) in [6, 6.07) is 1.87. The fraction of sp³-hybridized carbons (Fsp3) is 0.692. The van der Waals surface area contributed by atoms with Gasteiger partial charge < -0.3 is 15.5 Å². The van der Waals surface area contributed by atoms with Crippen molar-refractivity contribution in [2.75, 3.05) is 70.3 Å². The van der Waals surface area contributed by atoms with E-state index < -0.39 is 0 Å². The zero-order valence-electron chi connectivity index (χ0n) is 12.5. The van der Waals surface area contributed by atoms with Crippen molar-refractivity contribution in [1.29, 1.82) is 0 Å². The van der Waals surface area contributed by atoms with Crippen LogP contribution >= 0.6 is 11.8 Å². The Labute approximate surface area is 125 Å². The third kappa shape index (κ3) is 4.22. The Morgan fingerprint density at radius 3 is 2.55 bits per heavy atom. The number of hydrogen-bond acceptors (Lipinski definition) is 7. The van der Waals surface area contributed by atoms with E-state index in [9.17, 15) is 0 Å². The van der Waals surface area contributed by atoms with Crippen molar-refractivity contribution in [3.63, 3.8) is 0 Å². The molecule has 1 aromatic rings. The average Bonchev–Trinajstić information content (AvgIpc) is 2.45. The van der Waals surface area contributed by atoms with Gasteiger partial charge in [-0.2, -0.15) is 0 Å². The van der Waals surface area contributed by atoms with Gasteiger partial charge in [-0.1, -0.05) is 11.8 Å². The molecule has 0 spiro atoms. The number of rotatable bonds is 5. The first kappa shape index (κ1) is 15.3. The van der Waals surface area contributed by atoms with E-state index >= 15 is 0 Å². The molecule has 1 aromatic heterocycles. The lowest BCUT2D eigenvalue weighted by Gasteiger charge is -2.35. The third-order valence-electron chi connectivity index (χ3n) is 3.45. The van der Waals surface area contributed by atoms with Crippen LogP contribution in [-0.2, 0) is 0 Å². The molecule has 0 amide bonds. The van der Waals surface area contributed by atoms with Crippen molar-refractivity contribution in [2.45, 2.75) is 5.16 Å². The van der Waals surface area contributed by atoms with Crippen molar-refractivity contribution in [3.05, 3.63) is 6.07 Å². The number of likely N-dealkylation sites (N-methyl/N-ethyl adjacent to an activating group) is 1. The van der Waals surface area contributed by atoms with Gasteiger partial charge in [0.1, 0.15) is 11.6 Å². The minimum atomic E-state index is 0.550. The molecule has 0 bridgehead atoms. The Morgan fingerprint density at radius 1 is 1.25 bits per heavy atom. The molecule has 0 radical (unpaired) electrons. The smallest absolute Gasteiger partial charge is 0.191 e. The lowest BCUT2D eigenvalue weighted by atomic mass is 10.3. The van der Waals surface area contributed by atoms with E-state index in [1.165, 1.54) is 11.8 Å². The van der Waals surface area contributed by atoms with Crippen LogP contribution in [0, 0.1) is 0 Å². The van der Waals surface area contributed by atoms with E-state index in [0.29, 0.717) is 5.82 Å². The Balaban J connectivity index is 1.91. The molecule has 20 heavy (non-hydrogen) atoms. The van der Waals surface area contributed by atoms with Gasteiger partial charge in [-0.05, 0) is 20.4 Å². The maximum absolute atomic E-state index is 5.84. The Bertz CT molecular complexity index is 431. The van der Waals surface area contributed by atoms with Gasteiger partial charge in [0.2, 0.25) is 0 Å². The molecule has 0 aliphatic carbocycles. The predicted octanol–water partition coefficient (Wildman–Crippen LogP) is 0.464. The van der Waals surface area contributed by atoms with Gasteiger partial charge in [-0.3, -0.25) is 4.90 Å². The van der Waals surface area contributed by atoms with E-state index in [2.05, 4.69) is 38.8 Å². The SMILES string of the molecule is CSc1nc(N)cc(N2CCN(CCN(C)C)CC2)n1. The number of nitrogens with zero attached hydrogens (tertiary/aromatic N) is 5. The van der Waals surface area contributed by atoms with E-state index in [1.807, 2.05) is 12.3 Å². The quantitative estimate of drug-likeness (QED) is 0.626. The first-order chi connectivity index (χ1) is 9.58. The summed E-state index contributed by atoms with van der Waals surface area (Å²) in [5, 5.41) is 0.745. The van der Waals surface area contributed by atoms with E-state index in [1.54, 1.807) is 0 Å². The molecular formula is C13H24N6S. The number of thioether (sulfide) groups is 1. The van der Waals surface area contributed by atoms with Crippen LogP contribution in [-0.4, -0.2) is 79.4 Å². The van der Waals surface area contributed by atoms with Gasteiger partial charge in [0.15, 0.2) is 5.16 Å². The van der Waals surface area contributed by atoms with Crippen LogP contribution in [0.3, 0.4) is 0 Å². The first-order valence-corrected chi connectivity index (χ1v) is 8.11. The maximum atomic E-state index is 5.84. The molecule has 0 atom stereocenters. The van der Waals surface area contributed by atoms with Crippen molar-refractivity contribution in [1.82, 2.24) is 19.8 Å². The van der Waals surface area contributed by atoms with Crippen LogP contribution in [0.4, 0.5) is 11.6 Å². The number of piperazine rings is 1. The van der Waals surface area contributed by atoms with Crippen molar-refractivity contribution in [3.8, 4) is 0 Å². The minimum Gasteiger partial charge on any atom is -0.383 e. The van der Waals surface area contributed by atoms with Crippen LogP contribution < -0.4 is 10.6 Å². The molecule has 7 heteroatoms. The van der Waals surface area contributed by atoms with Crippen LogP contribution in [0.1, 0.15) is 0 Å². The van der Waals surface area contributed by atoms with Crippen LogP contribution in [0.25, 0.3) is 0 Å². The summed E-state index contributed by atoms with van der Waals surface area (Å²) in [7, 11) is 4.23. The Kier molecular flexibility index (Phi) is 5.45. The summed E-state index contributed by atoms with van der Waals surface area (Å²) in [6.45, 7) is 6.38. The first-order valence-electron chi connectivity index (χ1n) is 6.89. The lowest BCUT2D eigenvalue weighted by molar-refractivity contribution is 0.229. The minimum absolute atomic E-state index is 0.550. The predicted molar refractivity (Wildman–Crippen MR) is 85.4 cm³/mol. The normalized spacial score (nSPS) is 16.9. The summed E-state index contributed by atoms with van der Waals surface area (Å²) in [4.78, 5) is 15.8. The number of hydrogen-bond donors (Lipinski definition) is 1. The molecule has 6 nitrogen and oxygen atoms in total. The number of nitrogen functional groups attached to an aromatic ring is 1. The third-order valence-corrected chi connectivity index (χ3v) is 4.00. The fourth-order valence-electron chi connectivity index (χ4n) is 2.23. The average molecular weight is 296 g/mol. The fourth-order valence-corrected chi connectivity index (χ4v) is 2.61. The molecule has 0 aromatic carbocycles. The van der Waals surface area contributed by atoms with Gasteiger partial charge in [0, 0.05) is 45.3 Å². The van der Waals surface area contributed by atoms with Crippen LogP contribution in [0.2, 0.25) is 0 Å². The molecule has 1 aliphatic rings. The molecule has 0 saturated carbocycles. The number of anilines is 2. The second kappa shape index (κ2) is 7.10. The van der Waals surface area contributed by atoms with Crippen LogP contribution in [0.5, 0.6) is 0 Å². The summed E-state index contributed by atoms with van der Waals surface area (Å²) < 4.78 is 0. The second-order valence-electron chi connectivity index (χ2n) is 5.27. The zero-order chi connectivity index (χ0) is 14.5. The standard InChI is InChI=1S/C13H24N6S/c1-17(2)4-5-18-6-8-19(9-7-18)12-10-11(14)15-13(16-12)20-3/h10H,4-9H2,1-3H3,(H2,14,15,16). The number of nitrogens with two attached hydrogens (primary N) is 1. The summed E-state index contributed by atoms with van der Waals surface area (Å²) in [5.41, 5.74) is 5.84. The van der Waals surface area contributed by atoms with Gasteiger partial charge in [0.05, 0.1) is 0 Å². The summed E-state index contributed by atoms with van der Waals surface area (Å²) in [5.74, 6) is 1.50. The van der Waals surface area contributed by atoms with Gasteiger partial charge in [-0.25, -0.2) is 9.97 Å². The zero-order valence-corrected chi connectivity index (χ0v) is 13.4. The summed E-state index contributed by atoms with van der Waals surface area (Å²) >= 11 is 1.53. The molecule has 2 heterocycles. The molecule has 2 rings (SSSR count). The highest BCUT2D eigenvalue weighted by molar-refractivity contribution is 7.98. The van der Waals surface area contributed by atoms with Crippen molar-refractivity contribution in [2.24, 2.45) is 0 Å². The number of aromatic nitrogens is 2. The molecular weight excluding hydrogens is 272 g/mol. The monoisotopic (exact) mass is 296 g/mol. The largest absolute Gasteiger partial charge is 0.383 e. The van der Waals surface area contributed by atoms with Crippen molar-refractivity contribution < 1.29 is 0 Å². The summed E-state index contributed by atoms with van der Waals surface area (Å²) in [6.07, 6.45) is 1.97. The maximum Gasteiger partial charge on any atom is 0.191 e. The molecule has 112 valence electrons. The van der Waals surface area contributed by atoms with Gasteiger partial charge >= 0.3 is 0 Å². The van der Waals surface area contributed by atoms with Crippen LogP contribution in [0.15, 0.2) is 11.2 Å². The molecule has 0 unspecified atom stereocenters. The Hall–Kier alpha value is -1.05. The Morgan fingerprint density at radius 2 is 1.95 bits per heavy atom. The highest BCUT2D eigenvalue weighted by Gasteiger charge is 2.18. The molecule has 2 N–H and O–H groups in total. The topological polar surface area (TPSA) is 61.5 Å². The van der Waals surface area contributed by atoms with E-state index in [0.717, 1.165) is 50.2 Å². The highest BCUT2D eigenvalue weighted by Crippen LogP contribution is 2.19. The molecule has 1 saturated heterocycles. The lowest BCUT2D eigenvalue weighted by Crippen LogP contribution is -2.48. The van der Waals surface area contributed by atoms with E-state index in [-0.39, 0.29) is 0 Å². The second-order valence-corrected chi connectivity index (χ2v) is 6.04.